The topological polar surface area (TPSA) is 147 Å². The van der Waals surface area contributed by atoms with Crippen LogP contribution in [-0.4, -0.2) is 85.9 Å². The molecular formula is C22H13F12NO10. The van der Waals surface area contributed by atoms with Gasteiger partial charge in [-0.15, -0.1) is 0 Å². The Morgan fingerprint density at radius 2 is 1.11 bits per heavy atom. The van der Waals surface area contributed by atoms with Gasteiger partial charge in [-0.1, -0.05) is 30.3 Å². The second-order valence-electron chi connectivity index (χ2n) is 8.30. The normalized spacial score (nSPS) is 23.2. The van der Waals surface area contributed by atoms with Crippen LogP contribution in [0.1, 0.15) is 11.7 Å². The molecule has 1 aromatic rings. The minimum atomic E-state index is -6.11. The molecule has 45 heavy (non-hydrogen) atoms. The van der Waals surface area contributed by atoms with Gasteiger partial charge >= 0.3 is 48.6 Å². The lowest BCUT2D eigenvalue weighted by atomic mass is 9.97. The Morgan fingerprint density at radius 1 is 0.689 bits per heavy atom. The summed E-state index contributed by atoms with van der Waals surface area (Å²) in [5, 5.41) is 9.48. The van der Waals surface area contributed by atoms with Crippen LogP contribution in [0.2, 0.25) is 0 Å². The molecule has 2 rings (SSSR count). The summed E-state index contributed by atoms with van der Waals surface area (Å²) in [4.78, 5) is 46.1. The van der Waals surface area contributed by atoms with Crippen LogP contribution < -0.4 is 0 Å². The first-order valence-electron chi connectivity index (χ1n) is 11.3. The van der Waals surface area contributed by atoms with E-state index in [0.29, 0.717) is 0 Å². The third kappa shape index (κ3) is 10.1. The van der Waals surface area contributed by atoms with E-state index >= 15 is 0 Å². The molecule has 1 aromatic carbocycles. The predicted molar refractivity (Wildman–Crippen MR) is 109 cm³/mol. The summed E-state index contributed by atoms with van der Waals surface area (Å²) < 4.78 is 181. The summed E-state index contributed by atoms with van der Waals surface area (Å²) in [7, 11) is 0. The summed E-state index contributed by atoms with van der Waals surface area (Å²) in [6, 6.07) is 7.43. The molecule has 6 atom stereocenters. The van der Waals surface area contributed by atoms with Crippen molar-refractivity contribution >= 4 is 23.9 Å². The van der Waals surface area contributed by atoms with Crippen LogP contribution in [-0.2, 0) is 47.6 Å². The molecule has 0 aromatic heterocycles. The summed E-state index contributed by atoms with van der Waals surface area (Å²) in [5.41, 5.74) is -0.209. The van der Waals surface area contributed by atoms with Gasteiger partial charge in [0.15, 0.2) is 24.4 Å². The van der Waals surface area contributed by atoms with Crippen LogP contribution in [0, 0.1) is 11.3 Å². The van der Waals surface area contributed by atoms with E-state index in [9.17, 15) is 77.1 Å². The minimum Gasteiger partial charge on any atom is -0.456 e. The van der Waals surface area contributed by atoms with E-state index in [2.05, 4.69) is 18.9 Å². The van der Waals surface area contributed by atoms with Crippen molar-refractivity contribution in [2.24, 2.45) is 0 Å². The van der Waals surface area contributed by atoms with Gasteiger partial charge < -0.3 is 28.4 Å². The number of hydrogen-bond acceptors (Lipinski definition) is 11. The molecule has 0 N–H and O–H groups in total. The van der Waals surface area contributed by atoms with Gasteiger partial charge in [-0.05, 0) is 5.56 Å². The fourth-order valence-corrected chi connectivity index (χ4v) is 3.28. The Kier molecular flexibility index (Phi) is 11.3. The third-order valence-corrected chi connectivity index (χ3v) is 5.11. The van der Waals surface area contributed by atoms with Gasteiger partial charge in [0.25, 0.3) is 0 Å². The van der Waals surface area contributed by atoms with Crippen LogP contribution in [0.25, 0.3) is 0 Å². The molecular weight excluding hydrogens is 666 g/mol. The van der Waals surface area contributed by atoms with Crippen LogP contribution >= 0.6 is 0 Å². The number of benzene rings is 1. The van der Waals surface area contributed by atoms with E-state index in [-0.39, 0.29) is 5.56 Å². The average Bonchev–Trinajstić information content (AvgIpc) is 2.91. The largest absolute Gasteiger partial charge is 0.490 e. The summed E-state index contributed by atoms with van der Waals surface area (Å²) in [6.45, 7) is -2.02. The van der Waals surface area contributed by atoms with Crippen LogP contribution in [0.3, 0.4) is 0 Å². The second-order valence-corrected chi connectivity index (χ2v) is 8.30. The molecule has 0 radical (unpaired) electrons. The molecule has 1 heterocycles. The van der Waals surface area contributed by atoms with Gasteiger partial charge in [-0.25, -0.2) is 19.2 Å². The molecule has 250 valence electrons. The van der Waals surface area contributed by atoms with Crippen molar-refractivity contribution in [3.8, 4) is 6.07 Å². The summed E-state index contributed by atoms with van der Waals surface area (Å²) in [5.74, 6) is -13.3. The van der Waals surface area contributed by atoms with Crippen molar-refractivity contribution < 1.29 is 100 Å². The SMILES string of the molecule is N#C[C@@H](O[C@@H]1O[C@H](COC(=O)C(F)(F)F)[C@@H](OC(=O)C(F)(F)F)[C@H](OC(=O)C(F)(F)F)[C@H]1OC(=O)C(F)(F)F)c1ccccc1. The third-order valence-electron chi connectivity index (χ3n) is 5.11. The minimum absolute atomic E-state index is 0.209. The highest BCUT2D eigenvalue weighted by atomic mass is 19.4. The van der Waals surface area contributed by atoms with Crippen molar-refractivity contribution in [3.63, 3.8) is 0 Å². The van der Waals surface area contributed by atoms with E-state index in [0.717, 1.165) is 12.1 Å². The van der Waals surface area contributed by atoms with Gasteiger partial charge in [0.2, 0.25) is 6.29 Å². The Hall–Kier alpha value is -4.33. The number of halogens is 12. The number of nitriles is 1. The standard InChI is InChI=1S/C22H13F12NO10/c23-19(24,25)15(36)40-7-10-11(43-16(37)20(26,27)28)12(44-17(38)21(29,30)31)13(45-18(39)22(32,33)34)14(42-10)41-9(6-35)8-4-2-1-3-5-8/h1-5,9-14H,7H2/t9-,10-,11-,12+,13-,14-/m1/s1. The van der Waals surface area contributed by atoms with Crippen molar-refractivity contribution in [3.05, 3.63) is 35.9 Å². The molecule has 1 saturated heterocycles. The first-order valence-corrected chi connectivity index (χ1v) is 11.3. The molecule has 0 amide bonds. The number of carbonyl (C=O) groups excluding carboxylic acids is 4. The molecule has 1 fully saturated rings. The maximum Gasteiger partial charge on any atom is 0.490 e. The zero-order valence-electron chi connectivity index (χ0n) is 21.1. The highest BCUT2D eigenvalue weighted by molar-refractivity contribution is 5.78. The van der Waals surface area contributed by atoms with Gasteiger partial charge in [0.1, 0.15) is 12.7 Å². The zero-order chi connectivity index (χ0) is 34.5. The monoisotopic (exact) mass is 679 g/mol. The van der Waals surface area contributed by atoms with E-state index in [4.69, 9.17) is 9.47 Å². The lowest BCUT2D eigenvalue weighted by Gasteiger charge is -2.44. The molecule has 0 bridgehead atoms. The number of ether oxygens (including phenoxy) is 6. The van der Waals surface area contributed by atoms with E-state index < -0.39 is 92.0 Å². The van der Waals surface area contributed by atoms with E-state index in [1.165, 1.54) is 24.3 Å². The number of nitrogens with zero attached hydrogens (tertiary/aromatic N) is 1. The Morgan fingerprint density at radius 3 is 1.53 bits per heavy atom. The molecule has 0 aliphatic carbocycles. The quantitative estimate of drug-likeness (QED) is 0.226. The predicted octanol–water partition coefficient (Wildman–Crippen LogP) is 3.52. The first-order chi connectivity index (χ1) is 20.5. The molecule has 0 spiro atoms. The fourth-order valence-electron chi connectivity index (χ4n) is 3.28. The van der Waals surface area contributed by atoms with Gasteiger partial charge in [-0.3, -0.25) is 0 Å². The average molecular weight is 679 g/mol. The van der Waals surface area contributed by atoms with Gasteiger partial charge in [0.05, 0.1) is 6.07 Å². The van der Waals surface area contributed by atoms with E-state index in [1.807, 2.05) is 0 Å². The Labute approximate surface area is 240 Å². The van der Waals surface area contributed by atoms with Gasteiger partial charge in [-0.2, -0.15) is 57.9 Å². The van der Waals surface area contributed by atoms with Crippen LogP contribution in [0.5, 0.6) is 0 Å². The summed E-state index contributed by atoms with van der Waals surface area (Å²) in [6.07, 6.45) is -42.1. The maximum atomic E-state index is 13.1. The van der Waals surface area contributed by atoms with Crippen LogP contribution in [0.4, 0.5) is 52.7 Å². The maximum absolute atomic E-state index is 13.1. The number of esters is 4. The number of alkyl halides is 12. The molecule has 1 aliphatic rings. The van der Waals surface area contributed by atoms with E-state index in [1.54, 1.807) is 0 Å². The Balaban J connectivity index is 2.74. The highest BCUT2D eigenvalue weighted by Gasteiger charge is 2.59. The molecule has 0 saturated carbocycles. The van der Waals surface area contributed by atoms with Crippen molar-refractivity contribution in [1.29, 1.82) is 5.26 Å². The molecule has 1 aliphatic heterocycles. The number of carbonyl (C=O) groups is 4. The van der Waals surface area contributed by atoms with Gasteiger partial charge in [0, 0.05) is 0 Å². The zero-order valence-corrected chi connectivity index (χ0v) is 21.1. The lowest BCUT2D eigenvalue weighted by Crippen LogP contribution is -2.64. The van der Waals surface area contributed by atoms with Crippen LogP contribution in [0.15, 0.2) is 30.3 Å². The van der Waals surface area contributed by atoms with Crippen molar-refractivity contribution in [2.75, 3.05) is 6.61 Å². The second kappa shape index (κ2) is 13.8. The van der Waals surface area contributed by atoms with Crippen molar-refractivity contribution in [2.45, 2.75) is 61.5 Å². The number of hydrogen-bond donors (Lipinski definition) is 0. The van der Waals surface area contributed by atoms with Crippen molar-refractivity contribution in [1.82, 2.24) is 0 Å². The summed E-state index contributed by atoms with van der Waals surface area (Å²) >= 11 is 0. The fraction of sp³-hybridized carbons (Fsp3) is 0.500. The molecule has 0 unspecified atom stereocenters. The molecule has 23 heteroatoms. The number of rotatable bonds is 8. The first kappa shape index (κ1) is 36.9. The molecule has 11 nitrogen and oxygen atoms in total. The highest BCUT2D eigenvalue weighted by Crippen LogP contribution is 2.36. The lowest BCUT2D eigenvalue weighted by molar-refractivity contribution is -0.326. The smallest absolute Gasteiger partial charge is 0.456 e. The Bertz CT molecular complexity index is 1270.